The fourth-order valence-electron chi connectivity index (χ4n) is 1.95. The number of benzene rings is 1. The largest absolute Gasteiger partial charge is 0.372 e. The van der Waals surface area contributed by atoms with Gasteiger partial charge in [-0.3, -0.25) is 4.79 Å². The molecule has 1 amide bonds. The zero-order chi connectivity index (χ0) is 14.5. The molecule has 0 bridgehead atoms. The molecule has 0 fully saturated rings. The Hall–Kier alpha value is -2.43. The van der Waals surface area contributed by atoms with E-state index in [1.165, 1.54) is 12.4 Å². The third-order valence-corrected chi connectivity index (χ3v) is 3.12. The predicted octanol–water partition coefficient (Wildman–Crippen LogP) is 2.64. The van der Waals surface area contributed by atoms with Crippen LogP contribution in [0, 0.1) is 6.92 Å². The fraction of sp³-hybridized carbons (Fsp3) is 0.267. The molecule has 0 aliphatic heterocycles. The van der Waals surface area contributed by atoms with Gasteiger partial charge in [0.2, 0.25) is 0 Å². The standard InChI is InChI=1S/C15H18N4O/c1-4-11-7-5-6-10(2)14(11)19-15(20)12-8-18-13(16-3)9-17-12/h5-9H,4H2,1-3H3,(H,16,18)(H,19,20). The molecule has 2 aromatic rings. The molecule has 0 radical (unpaired) electrons. The number of aromatic nitrogens is 2. The summed E-state index contributed by atoms with van der Waals surface area (Å²) in [6.07, 6.45) is 3.86. The van der Waals surface area contributed by atoms with Crippen molar-refractivity contribution in [2.24, 2.45) is 0 Å². The van der Waals surface area contributed by atoms with Crippen molar-refractivity contribution in [3.05, 3.63) is 47.4 Å². The normalized spacial score (nSPS) is 10.2. The lowest BCUT2D eigenvalue weighted by molar-refractivity contribution is 0.102. The predicted molar refractivity (Wildman–Crippen MR) is 80.1 cm³/mol. The monoisotopic (exact) mass is 270 g/mol. The van der Waals surface area contributed by atoms with Crippen molar-refractivity contribution in [1.82, 2.24) is 9.97 Å². The van der Waals surface area contributed by atoms with Crippen molar-refractivity contribution >= 4 is 17.4 Å². The third-order valence-electron chi connectivity index (χ3n) is 3.12. The summed E-state index contributed by atoms with van der Waals surface area (Å²) in [7, 11) is 1.75. The molecular weight excluding hydrogens is 252 g/mol. The van der Waals surface area contributed by atoms with E-state index in [1.54, 1.807) is 7.05 Å². The first-order valence-electron chi connectivity index (χ1n) is 6.55. The van der Waals surface area contributed by atoms with Crippen molar-refractivity contribution in [3.8, 4) is 0 Å². The molecule has 20 heavy (non-hydrogen) atoms. The second-order valence-electron chi connectivity index (χ2n) is 4.45. The van der Waals surface area contributed by atoms with E-state index in [2.05, 4.69) is 27.5 Å². The lowest BCUT2D eigenvalue weighted by Crippen LogP contribution is -2.16. The first-order chi connectivity index (χ1) is 9.65. The molecule has 5 nitrogen and oxygen atoms in total. The highest BCUT2D eigenvalue weighted by molar-refractivity contribution is 6.03. The molecule has 0 saturated heterocycles. The highest BCUT2D eigenvalue weighted by atomic mass is 16.1. The number of para-hydroxylation sites is 1. The minimum Gasteiger partial charge on any atom is -0.372 e. The molecule has 0 aliphatic carbocycles. The second-order valence-corrected chi connectivity index (χ2v) is 4.45. The number of hydrogen-bond acceptors (Lipinski definition) is 4. The van der Waals surface area contributed by atoms with Gasteiger partial charge in [0.25, 0.3) is 5.91 Å². The number of carbonyl (C=O) groups is 1. The topological polar surface area (TPSA) is 66.9 Å². The molecule has 0 aliphatic rings. The number of anilines is 2. The van der Waals surface area contributed by atoms with Crippen LogP contribution in [0.1, 0.15) is 28.5 Å². The molecule has 0 unspecified atom stereocenters. The van der Waals surface area contributed by atoms with Crippen LogP contribution in [0.15, 0.2) is 30.6 Å². The van der Waals surface area contributed by atoms with E-state index in [0.717, 1.165) is 23.2 Å². The van der Waals surface area contributed by atoms with Gasteiger partial charge >= 0.3 is 0 Å². The van der Waals surface area contributed by atoms with Crippen molar-refractivity contribution < 1.29 is 4.79 Å². The van der Waals surface area contributed by atoms with Crippen LogP contribution in [0.5, 0.6) is 0 Å². The number of rotatable bonds is 4. The van der Waals surface area contributed by atoms with Crippen LogP contribution in [0.4, 0.5) is 11.5 Å². The maximum Gasteiger partial charge on any atom is 0.275 e. The van der Waals surface area contributed by atoms with Crippen molar-refractivity contribution in [2.75, 3.05) is 17.7 Å². The Morgan fingerprint density at radius 2 is 2.05 bits per heavy atom. The molecular formula is C15H18N4O. The van der Waals surface area contributed by atoms with Gasteiger partial charge in [0.15, 0.2) is 0 Å². The first kappa shape index (κ1) is 14.0. The summed E-state index contributed by atoms with van der Waals surface area (Å²) in [5.74, 6) is 0.385. The molecule has 1 aromatic heterocycles. The molecule has 2 rings (SSSR count). The average Bonchev–Trinajstić information content (AvgIpc) is 2.49. The van der Waals surface area contributed by atoms with Crippen molar-refractivity contribution in [2.45, 2.75) is 20.3 Å². The number of aryl methyl sites for hydroxylation is 2. The van der Waals surface area contributed by atoms with Gasteiger partial charge in [0.05, 0.1) is 12.4 Å². The zero-order valence-electron chi connectivity index (χ0n) is 11.9. The minimum absolute atomic E-state index is 0.246. The Morgan fingerprint density at radius 1 is 1.25 bits per heavy atom. The van der Waals surface area contributed by atoms with E-state index in [-0.39, 0.29) is 5.91 Å². The minimum atomic E-state index is -0.246. The van der Waals surface area contributed by atoms with Crippen LogP contribution < -0.4 is 10.6 Å². The van der Waals surface area contributed by atoms with E-state index in [0.29, 0.717) is 11.5 Å². The van der Waals surface area contributed by atoms with Gasteiger partial charge < -0.3 is 10.6 Å². The Labute approximate surface area is 118 Å². The highest BCUT2D eigenvalue weighted by Crippen LogP contribution is 2.21. The number of hydrogen-bond donors (Lipinski definition) is 2. The van der Waals surface area contributed by atoms with Crippen LogP contribution in [0.3, 0.4) is 0 Å². The summed E-state index contributed by atoms with van der Waals surface area (Å²) < 4.78 is 0. The lowest BCUT2D eigenvalue weighted by Gasteiger charge is -2.12. The Kier molecular flexibility index (Phi) is 4.30. The summed E-state index contributed by atoms with van der Waals surface area (Å²) in [5.41, 5.74) is 3.31. The van der Waals surface area contributed by atoms with Crippen LogP contribution in [0.2, 0.25) is 0 Å². The summed E-state index contributed by atoms with van der Waals surface area (Å²) in [5, 5.41) is 5.79. The lowest BCUT2D eigenvalue weighted by atomic mass is 10.1. The second kappa shape index (κ2) is 6.14. The smallest absolute Gasteiger partial charge is 0.275 e. The summed E-state index contributed by atoms with van der Waals surface area (Å²) in [6, 6.07) is 5.98. The van der Waals surface area contributed by atoms with Gasteiger partial charge in [-0.05, 0) is 24.5 Å². The Bertz CT molecular complexity index is 608. The van der Waals surface area contributed by atoms with Crippen molar-refractivity contribution in [1.29, 1.82) is 0 Å². The average molecular weight is 270 g/mol. The van der Waals surface area contributed by atoms with E-state index >= 15 is 0 Å². The number of amides is 1. The molecule has 1 heterocycles. The van der Waals surface area contributed by atoms with Crippen LogP contribution in [-0.2, 0) is 6.42 Å². The maximum atomic E-state index is 12.2. The highest BCUT2D eigenvalue weighted by Gasteiger charge is 2.12. The molecule has 2 N–H and O–H groups in total. The summed E-state index contributed by atoms with van der Waals surface area (Å²) >= 11 is 0. The maximum absolute atomic E-state index is 12.2. The van der Waals surface area contributed by atoms with Gasteiger partial charge in [-0.2, -0.15) is 0 Å². The molecule has 0 atom stereocenters. The van der Waals surface area contributed by atoms with Crippen molar-refractivity contribution in [3.63, 3.8) is 0 Å². The van der Waals surface area contributed by atoms with Gasteiger partial charge in [-0.25, -0.2) is 9.97 Å². The van der Waals surface area contributed by atoms with E-state index < -0.39 is 0 Å². The van der Waals surface area contributed by atoms with E-state index in [4.69, 9.17) is 0 Å². The number of nitrogens with one attached hydrogen (secondary N) is 2. The molecule has 104 valence electrons. The van der Waals surface area contributed by atoms with E-state index in [9.17, 15) is 4.79 Å². The van der Waals surface area contributed by atoms with Gasteiger partial charge in [-0.15, -0.1) is 0 Å². The Morgan fingerprint density at radius 3 is 2.65 bits per heavy atom. The number of carbonyl (C=O) groups excluding carboxylic acids is 1. The quantitative estimate of drug-likeness (QED) is 0.896. The van der Waals surface area contributed by atoms with Crippen LogP contribution in [-0.4, -0.2) is 22.9 Å². The van der Waals surface area contributed by atoms with Crippen LogP contribution in [0.25, 0.3) is 0 Å². The van der Waals surface area contributed by atoms with E-state index in [1.807, 2.05) is 25.1 Å². The summed E-state index contributed by atoms with van der Waals surface area (Å²) in [6.45, 7) is 4.04. The molecule has 5 heteroatoms. The molecule has 1 aromatic carbocycles. The third kappa shape index (κ3) is 2.93. The Balaban J connectivity index is 2.23. The van der Waals surface area contributed by atoms with Crippen LogP contribution >= 0.6 is 0 Å². The zero-order valence-corrected chi connectivity index (χ0v) is 11.9. The number of nitrogens with zero attached hydrogens (tertiary/aromatic N) is 2. The fourth-order valence-corrected chi connectivity index (χ4v) is 1.95. The molecule has 0 spiro atoms. The van der Waals surface area contributed by atoms with Gasteiger partial charge in [0.1, 0.15) is 11.5 Å². The summed E-state index contributed by atoms with van der Waals surface area (Å²) in [4.78, 5) is 20.4. The van der Waals surface area contributed by atoms with Gasteiger partial charge in [-0.1, -0.05) is 25.1 Å². The first-order valence-corrected chi connectivity index (χ1v) is 6.55. The SMILES string of the molecule is CCc1cccc(C)c1NC(=O)c1cnc(NC)cn1. The molecule has 0 saturated carbocycles. The van der Waals surface area contributed by atoms with Gasteiger partial charge in [0, 0.05) is 12.7 Å².